The molecule has 0 atom stereocenters. The van der Waals surface area contributed by atoms with Crippen molar-refractivity contribution in [2.24, 2.45) is 5.92 Å². The number of methoxy groups -OCH3 is 1. The van der Waals surface area contributed by atoms with Gasteiger partial charge in [-0.25, -0.2) is 4.79 Å². The molecule has 2 fully saturated rings. The molecule has 1 aromatic carbocycles. The lowest BCUT2D eigenvalue weighted by Crippen LogP contribution is -2.54. The van der Waals surface area contributed by atoms with Crippen molar-refractivity contribution in [2.45, 2.75) is 18.9 Å². The van der Waals surface area contributed by atoms with Crippen LogP contribution in [0.3, 0.4) is 0 Å². The Morgan fingerprint density at radius 3 is 2.54 bits per heavy atom. The summed E-state index contributed by atoms with van der Waals surface area (Å²) in [5, 5.41) is 6.60. The van der Waals surface area contributed by atoms with Crippen molar-refractivity contribution in [3.05, 3.63) is 29.8 Å². The second-order valence-electron chi connectivity index (χ2n) is 6.17. The summed E-state index contributed by atoms with van der Waals surface area (Å²) in [6.07, 6.45) is 1.85. The number of ether oxygens (including phenoxy) is 1. The maximum Gasteiger partial charge on any atom is 0.337 e. The van der Waals surface area contributed by atoms with Crippen molar-refractivity contribution < 1.29 is 14.3 Å². The largest absolute Gasteiger partial charge is 0.465 e. The minimum Gasteiger partial charge on any atom is -0.465 e. The Kier molecular flexibility index (Phi) is 6.45. The summed E-state index contributed by atoms with van der Waals surface area (Å²) in [4.78, 5) is 25.8. The molecule has 0 radical (unpaired) electrons. The van der Waals surface area contributed by atoms with Crippen LogP contribution in [0.25, 0.3) is 0 Å². The molecule has 132 valence electrons. The zero-order valence-corrected chi connectivity index (χ0v) is 14.6. The van der Waals surface area contributed by atoms with Crippen LogP contribution in [-0.2, 0) is 9.53 Å². The third-order valence-corrected chi connectivity index (χ3v) is 4.59. The van der Waals surface area contributed by atoms with Crippen LogP contribution >= 0.6 is 12.4 Å². The zero-order valence-electron chi connectivity index (χ0n) is 13.8. The van der Waals surface area contributed by atoms with Crippen molar-refractivity contribution in [1.82, 2.24) is 10.2 Å². The summed E-state index contributed by atoms with van der Waals surface area (Å²) in [6, 6.07) is 7.67. The Morgan fingerprint density at radius 2 is 1.96 bits per heavy atom. The minimum atomic E-state index is -0.330. The molecule has 2 saturated heterocycles. The van der Waals surface area contributed by atoms with Crippen molar-refractivity contribution in [2.75, 3.05) is 38.6 Å². The molecule has 0 unspecified atom stereocenters. The van der Waals surface area contributed by atoms with E-state index in [1.807, 2.05) is 23.1 Å². The summed E-state index contributed by atoms with van der Waals surface area (Å²) in [5.41, 5.74) is 1.46. The molecular formula is C17H24ClN3O3. The highest BCUT2D eigenvalue weighted by molar-refractivity contribution is 5.90. The second-order valence-corrected chi connectivity index (χ2v) is 6.17. The number of nitrogens with zero attached hydrogens (tertiary/aromatic N) is 1. The Morgan fingerprint density at radius 1 is 1.25 bits per heavy atom. The van der Waals surface area contributed by atoms with Gasteiger partial charge in [0.2, 0.25) is 5.91 Å². The maximum absolute atomic E-state index is 12.2. The van der Waals surface area contributed by atoms with Gasteiger partial charge in [0.05, 0.1) is 18.6 Å². The van der Waals surface area contributed by atoms with E-state index < -0.39 is 0 Å². The maximum atomic E-state index is 12.2. The van der Waals surface area contributed by atoms with E-state index in [2.05, 4.69) is 10.6 Å². The Bertz CT molecular complexity index is 584. The summed E-state index contributed by atoms with van der Waals surface area (Å²) in [7, 11) is 1.38. The first-order chi connectivity index (χ1) is 11.2. The van der Waals surface area contributed by atoms with Crippen molar-refractivity contribution >= 4 is 30.0 Å². The van der Waals surface area contributed by atoms with Gasteiger partial charge in [-0.2, -0.15) is 0 Å². The average molecular weight is 354 g/mol. The van der Waals surface area contributed by atoms with Gasteiger partial charge >= 0.3 is 5.97 Å². The highest BCUT2D eigenvalue weighted by atomic mass is 35.5. The SMILES string of the molecule is COC(=O)c1cccc(NC2CCN(C(=O)C3CNC3)CC2)c1.Cl. The number of hydrogen-bond donors (Lipinski definition) is 2. The van der Waals surface area contributed by atoms with Crippen molar-refractivity contribution in [3.63, 3.8) is 0 Å². The predicted molar refractivity (Wildman–Crippen MR) is 94.6 cm³/mol. The summed E-state index contributed by atoms with van der Waals surface area (Å²) >= 11 is 0. The number of anilines is 1. The third-order valence-electron chi connectivity index (χ3n) is 4.59. The fraction of sp³-hybridized carbons (Fsp3) is 0.529. The van der Waals surface area contributed by atoms with Gasteiger partial charge in [-0.1, -0.05) is 6.07 Å². The van der Waals surface area contributed by atoms with Gasteiger partial charge in [-0.05, 0) is 31.0 Å². The van der Waals surface area contributed by atoms with Crippen LogP contribution in [0.5, 0.6) is 0 Å². The first-order valence-corrected chi connectivity index (χ1v) is 8.12. The topological polar surface area (TPSA) is 70.7 Å². The number of carbonyl (C=O) groups excluding carboxylic acids is 2. The standard InChI is InChI=1S/C17H23N3O3.ClH/c1-23-17(22)12-3-2-4-15(9-12)19-14-5-7-20(8-6-14)16(21)13-10-18-11-13;/h2-4,9,13-14,18-19H,5-8,10-11H2,1H3;1H. The number of likely N-dealkylation sites (tertiary alicyclic amines) is 1. The minimum absolute atomic E-state index is 0. The van der Waals surface area contributed by atoms with Gasteiger partial charge in [0.25, 0.3) is 0 Å². The molecule has 7 heteroatoms. The molecule has 6 nitrogen and oxygen atoms in total. The number of hydrogen-bond acceptors (Lipinski definition) is 5. The molecule has 0 aliphatic carbocycles. The fourth-order valence-corrected chi connectivity index (χ4v) is 3.06. The van der Waals surface area contributed by atoms with Gasteiger partial charge in [-0.15, -0.1) is 12.4 Å². The Hall–Kier alpha value is -1.79. The quantitative estimate of drug-likeness (QED) is 0.803. The molecule has 1 amide bonds. The number of halogens is 1. The lowest BCUT2D eigenvalue weighted by molar-refractivity contribution is -0.138. The molecule has 2 aliphatic rings. The van der Waals surface area contributed by atoms with Crippen LogP contribution in [-0.4, -0.2) is 56.1 Å². The summed E-state index contributed by atoms with van der Waals surface area (Å²) in [6.45, 7) is 3.22. The van der Waals surface area contributed by atoms with E-state index in [9.17, 15) is 9.59 Å². The summed E-state index contributed by atoms with van der Waals surface area (Å²) < 4.78 is 4.74. The molecule has 0 aromatic heterocycles. The third kappa shape index (κ3) is 4.19. The van der Waals surface area contributed by atoms with E-state index >= 15 is 0 Å². The molecule has 1 aromatic rings. The molecule has 2 N–H and O–H groups in total. The molecule has 2 aliphatic heterocycles. The molecular weight excluding hydrogens is 330 g/mol. The van der Waals surface area contributed by atoms with Crippen LogP contribution in [0.15, 0.2) is 24.3 Å². The number of amides is 1. The summed E-state index contributed by atoms with van der Waals surface area (Å²) in [5.74, 6) is 0.134. The molecule has 24 heavy (non-hydrogen) atoms. The first-order valence-electron chi connectivity index (χ1n) is 8.12. The van der Waals surface area contributed by atoms with Gasteiger partial charge in [-0.3, -0.25) is 4.79 Å². The number of rotatable bonds is 4. The number of carbonyl (C=O) groups is 2. The van der Waals surface area contributed by atoms with Crippen LogP contribution < -0.4 is 10.6 Å². The van der Waals surface area contributed by atoms with E-state index in [0.29, 0.717) is 11.6 Å². The van der Waals surface area contributed by atoms with Crippen molar-refractivity contribution in [3.8, 4) is 0 Å². The lowest BCUT2D eigenvalue weighted by atomic mass is 9.98. The molecule has 0 saturated carbocycles. The molecule has 2 heterocycles. The van der Waals surface area contributed by atoms with Gasteiger partial charge in [0.1, 0.15) is 0 Å². The number of nitrogens with one attached hydrogen (secondary N) is 2. The highest BCUT2D eigenvalue weighted by Gasteiger charge is 2.31. The average Bonchev–Trinajstić information content (AvgIpc) is 2.53. The van der Waals surface area contributed by atoms with Gasteiger partial charge in [0.15, 0.2) is 0 Å². The first kappa shape index (κ1) is 18.5. The predicted octanol–water partition coefficient (Wildman–Crippen LogP) is 1.52. The number of piperidine rings is 1. The number of benzene rings is 1. The molecule has 0 bridgehead atoms. The van der Waals surface area contributed by atoms with Gasteiger partial charge < -0.3 is 20.3 Å². The van der Waals surface area contributed by atoms with Crippen molar-refractivity contribution in [1.29, 1.82) is 0 Å². The van der Waals surface area contributed by atoms with Crippen LogP contribution in [0.1, 0.15) is 23.2 Å². The van der Waals surface area contributed by atoms with E-state index in [1.54, 1.807) is 6.07 Å². The van der Waals surface area contributed by atoms with Gasteiger partial charge in [0, 0.05) is 37.9 Å². The smallest absolute Gasteiger partial charge is 0.337 e. The lowest BCUT2D eigenvalue weighted by Gasteiger charge is -2.37. The van der Waals surface area contributed by atoms with Crippen LogP contribution in [0, 0.1) is 5.92 Å². The van der Waals surface area contributed by atoms with Crippen LogP contribution in [0.4, 0.5) is 5.69 Å². The monoisotopic (exact) mass is 353 g/mol. The fourth-order valence-electron chi connectivity index (χ4n) is 3.06. The Balaban J connectivity index is 0.00000208. The second kappa shape index (κ2) is 8.35. The zero-order chi connectivity index (χ0) is 16.2. The highest BCUT2D eigenvalue weighted by Crippen LogP contribution is 2.20. The van der Waals surface area contributed by atoms with E-state index in [4.69, 9.17) is 4.74 Å². The van der Waals surface area contributed by atoms with E-state index in [-0.39, 0.29) is 30.2 Å². The van der Waals surface area contributed by atoms with Crippen LogP contribution in [0.2, 0.25) is 0 Å². The number of esters is 1. The van der Waals surface area contributed by atoms with E-state index in [1.165, 1.54) is 7.11 Å². The molecule has 3 rings (SSSR count). The Labute approximate surface area is 148 Å². The molecule has 0 spiro atoms. The van der Waals surface area contributed by atoms with E-state index in [0.717, 1.165) is 44.7 Å². The normalized spacial score (nSPS) is 18.3.